The number of hydrogen-bond acceptors (Lipinski definition) is 4. The number of carbonyl (C=O) groups is 2. The lowest BCUT2D eigenvalue weighted by Gasteiger charge is -2.54. The van der Waals surface area contributed by atoms with Gasteiger partial charge >= 0.3 is 0 Å². The van der Waals surface area contributed by atoms with Crippen LogP contribution in [-0.2, 0) is 19.1 Å². The van der Waals surface area contributed by atoms with Crippen LogP contribution in [0.3, 0.4) is 0 Å². The van der Waals surface area contributed by atoms with Crippen LogP contribution in [0, 0.1) is 40.4 Å². The Bertz CT molecular complexity index is 646. The Labute approximate surface area is 156 Å². The van der Waals surface area contributed by atoms with Crippen LogP contribution in [0.2, 0.25) is 0 Å². The average Bonchev–Trinajstić information content (AvgIpc) is 3.25. The summed E-state index contributed by atoms with van der Waals surface area (Å²) in [4.78, 5) is 25.2. The minimum atomic E-state index is -0.862. The Morgan fingerprint density at radius 1 is 1.35 bits per heavy atom. The number of aldehydes is 1. The molecule has 0 N–H and O–H groups in total. The van der Waals surface area contributed by atoms with Crippen molar-refractivity contribution >= 4 is 12.1 Å². The standard InChI is InChI=1S/C22H30O4/c1-6-19(4,15-23)14-17(24)20(5)16(3)8-9-21(7-2)10-11-22(18(20)21)25-12-13-26-22/h2,6,15-16,18H,1,8-14H2,3-5H3/t16-,18?,19-,20+,21+/m1/s1. The van der Waals surface area contributed by atoms with Gasteiger partial charge in [0.15, 0.2) is 5.79 Å². The molecule has 4 heteroatoms. The van der Waals surface area contributed by atoms with Crippen LogP contribution >= 0.6 is 0 Å². The highest BCUT2D eigenvalue weighted by atomic mass is 16.7. The van der Waals surface area contributed by atoms with Gasteiger partial charge < -0.3 is 14.3 Å². The van der Waals surface area contributed by atoms with Gasteiger partial charge in [-0.1, -0.05) is 25.8 Å². The van der Waals surface area contributed by atoms with Crippen LogP contribution in [0.5, 0.6) is 0 Å². The van der Waals surface area contributed by atoms with Crippen molar-refractivity contribution in [1.82, 2.24) is 0 Å². The van der Waals surface area contributed by atoms with Gasteiger partial charge in [0.1, 0.15) is 12.1 Å². The van der Waals surface area contributed by atoms with E-state index in [1.807, 2.05) is 6.92 Å². The molecule has 0 amide bonds. The van der Waals surface area contributed by atoms with Crippen LogP contribution in [0.1, 0.15) is 52.9 Å². The van der Waals surface area contributed by atoms with Gasteiger partial charge in [-0.3, -0.25) is 4.79 Å². The van der Waals surface area contributed by atoms with E-state index in [1.54, 1.807) is 13.0 Å². The molecule has 1 spiro atoms. The number of hydrogen-bond donors (Lipinski definition) is 0. The van der Waals surface area contributed by atoms with Gasteiger partial charge in [-0.25, -0.2) is 0 Å². The van der Waals surface area contributed by atoms with E-state index < -0.39 is 16.6 Å². The average molecular weight is 358 g/mol. The predicted octanol–water partition coefficient (Wildman–Crippen LogP) is 3.55. The lowest BCUT2D eigenvalue weighted by molar-refractivity contribution is -0.232. The molecule has 4 nitrogen and oxygen atoms in total. The fraction of sp³-hybridized carbons (Fsp3) is 0.727. The van der Waals surface area contributed by atoms with Gasteiger partial charge in [0.2, 0.25) is 0 Å². The number of allylic oxidation sites excluding steroid dienone is 1. The van der Waals surface area contributed by atoms with E-state index in [0.717, 1.165) is 32.0 Å². The topological polar surface area (TPSA) is 52.6 Å². The molecular weight excluding hydrogens is 328 g/mol. The highest BCUT2D eigenvalue weighted by Gasteiger charge is 2.70. The minimum absolute atomic E-state index is 0.0594. The van der Waals surface area contributed by atoms with Crippen molar-refractivity contribution in [3.8, 4) is 12.3 Å². The third kappa shape index (κ3) is 2.52. The van der Waals surface area contributed by atoms with E-state index in [9.17, 15) is 9.59 Å². The number of ether oxygens (including phenoxy) is 2. The van der Waals surface area contributed by atoms with Crippen molar-refractivity contribution in [2.24, 2.45) is 28.1 Å². The van der Waals surface area contributed by atoms with E-state index >= 15 is 0 Å². The van der Waals surface area contributed by atoms with Gasteiger partial charge in [0.25, 0.3) is 0 Å². The molecule has 1 unspecified atom stereocenters. The third-order valence-electron chi connectivity index (χ3n) is 7.50. The van der Waals surface area contributed by atoms with E-state index in [2.05, 4.69) is 19.4 Å². The largest absolute Gasteiger partial charge is 0.347 e. The van der Waals surface area contributed by atoms with Gasteiger partial charge in [-0.05, 0) is 32.1 Å². The summed E-state index contributed by atoms with van der Waals surface area (Å²) in [5, 5.41) is 0. The summed E-state index contributed by atoms with van der Waals surface area (Å²) in [5.74, 6) is 2.30. The molecular formula is C22H30O4. The first kappa shape index (κ1) is 19.3. The van der Waals surface area contributed by atoms with E-state index in [1.165, 1.54) is 0 Å². The Hall–Kier alpha value is -1.44. The van der Waals surface area contributed by atoms with E-state index in [-0.39, 0.29) is 29.5 Å². The van der Waals surface area contributed by atoms with Crippen molar-refractivity contribution in [3.63, 3.8) is 0 Å². The molecule has 142 valence electrons. The fourth-order valence-electron chi connectivity index (χ4n) is 5.61. The van der Waals surface area contributed by atoms with Crippen molar-refractivity contribution in [3.05, 3.63) is 12.7 Å². The monoisotopic (exact) mass is 358 g/mol. The van der Waals surface area contributed by atoms with Crippen molar-refractivity contribution < 1.29 is 19.1 Å². The van der Waals surface area contributed by atoms with Gasteiger partial charge in [-0.2, -0.15) is 0 Å². The Morgan fingerprint density at radius 2 is 2.00 bits per heavy atom. The molecule has 2 aliphatic carbocycles. The second-order valence-electron chi connectivity index (χ2n) is 8.89. The number of ketones is 1. The number of rotatable bonds is 5. The highest BCUT2D eigenvalue weighted by Crippen LogP contribution is 2.67. The number of Topliss-reactive ketones (excluding diaryl/α,β-unsaturated/α-hetero) is 1. The van der Waals surface area contributed by atoms with Crippen LogP contribution in [-0.4, -0.2) is 31.1 Å². The molecule has 26 heavy (non-hydrogen) atoms. The lowest BCUT2D eigenvalue weighted by Crippen LogP contribution is -2.58. The first-order valence-corrected chi connectivity index (χ1v) is 9.61. The zero-order valence-electron chi connectivity index (χ0n) is 16.2. The molecule has 0 radical (unpaired) electrons. The summed E-state index contributed by atoms with van der Waals surface area (Å²) in [6, 6.07) is 0. The molecule has 1 aliphatic heterocycles. The second kappa shape index (κ2) is 6.32. The van der Waals surface area contributed by atoms with Crippen molar-refractivity contribution in [2.75, 3.05) is 13.2 Å². The first-order chi connectivity index (χ1) is 12.2. The maximum Gasteiger partial charge on any atom is 0.173 e. The summed E-state index contributed by atoms with van der Waals surface area (Å²) in [5.41, 5.74) is -1.94. The molecule has 3 aliphatic rings. The molecule has 3 fully saturated rings. The molecule has 3 rings (SSSR count). The minimum Gasteiger partial charge on any atom is -0.347 e. The third-order valence-corrected chi connectivity index (χ3v) is 7.50. The Kier molecular flexibility index (Phi) is 4.70. The maximum atomic E-state index is 13.6. The maximum absolute atomic E-state index is 13.6. The zero-order chi connectivity index (χ0) is 19.2. The molecule has 0 aromatic carbocycles. The summed E-state index contributed by atoms with van der Waals surface area (Å²) in [6.45, 7) is 10.7. The summed E-state index contributed by atoms with van der Waals surface area (Å²) >= 11 is 0. The molecule has 0 aromatic rings. The van der Waals surface area contributed by atoms with Gasteiger partial charge in [-0.15, -0.1) is 13.0 Å². The van der Waals surface area contributed by atoms with Crippen molar-refractivity contribution in [2.45, 2.75) is 58.7 Å². The molecule has 1 heterocycles. The molecule has 0 aromatic heterocycles. The highest BCUT2D eigenvalue weighted by molar-refractivity contribution is 5.89. The number of terminal acetylenes is 1. The second-order valence-corrected chi connectivity index (χ2v) is 8.89. The molecule has 1 saturated heterocycles. The SMILES string of the molecule is C#C[C@@]12CC[C@@H](C)[C@@](C)(C(=O)C[C@@](C)(C=C)C=O)C1C1(CC2)OCCO1. The van der Waals surface area contributed by atoms with Crippen LogP contribution in [0.25, 0.3) is 0 Å². The number of fused-ring (bicyclic) bond motifs is 2. The quantitative estimate of drug-likeness (QED) is 0.428. The van der Waals surface area contributed by atoms with E-state index in [0.29, 0.717) is 13.2 Å². The summed E-state index contributed by atoms with van der Waals surface area (Å²) < 4.78 is 12.2. The fourth-order valence-corrected chi connectivity index (χ4v) is 5.61. The smallest absolute Gasteiger partial charge is 0.173 e. The van der Waals surface area contributed by atoms with E-state index in [4.69, 9.17) is 15.9 Å². The normalized spacial score (nSPS) is 40.4. The van der Waals surface area contributed by atoms with Gasteiger partial charge in [0.05, 0.1) is 13.2 Å². The zero-order valence-corrected chi connectivity index (χ0v) is 16.2. The summed E-state index contributed by atoms with van der Waals surface area (Å²) in [6.07, 6.45) is 11.9. The first-order valence-electron chi connectivity index (χ1n) is 9.61. The van der Waals surface area contributed by atoms with Crippen LogP contribution in [0.15, 0.2) is 12.7 Å². The predicted molar refractivity (Wildman–Crippen MR) is 99.1 cm³/mol. The summed E-state index contributed by atoms with van der Waals surface area (Å²) in [7, 11) is 0. The number of carbonyl (C=O) groups excluding carboxylic acids is 2. The molecule has 0 bridgehead atoms. The van der Waals surface area contributed by atoms with Gasteiger partial charge in [0, 0.05) is 35.0 Å². The van der Waals surface area contributed by atoms with Crippen LogP contribution in [0.4, 0.5) is 0 Å². The van der Waals surface area contributed by atoms with Crippen molar-refractivity contribution in [1.29, 1.82) is 0 Å². The Balaban J connectivity index is 2.07. The molecule has 5 atom stereocenters. The van der Waals surface area contributed by atoms with Crippen LogP contribution < -0.4 is 0 Å². The Morgan fingerprint density at radius 3 is 2.54 bits per heavy atom. The molecule has 2 saturated carbocycles. The lowest BCUT2D eigenvalue weighted by atomic mass is 9.49.